The highest BCUT2D eigenvalue weighted by atomic mass is 35.5. The average molecular weight is 334 g/mol. The Balaban J connectivity index is 2.23. The standard InChI is InChI=1S/C12H16ClN3O4S/c1-15-6-2-3-9(8-15)14-21(19,20)10-4-5-11(13)12(7-10)16(17)18/h4-5,7,9,14H,2-3,6,8H2,1H3. The van der Waals surface area contributed by atoms with E-state index in [1.807, 2.05) is 11.9 Å². The molecule has 116 valence electrons. The second kappa shape index (κ2) is 6.27. The van der Waals surface area contributed by atoms with Gasteiger partial charge in [-0.1, -0.05) is 11.6 Å². The summed E-state index contributed by atoms with van der Waals surface area (Å²) >= 11 is 5.69. The first-order valence-electron chi connectivity index (χ1n) is 6.44. The Kier molecular flexibility index (Phi) is 4.82. The van der Waals surface area contributed by atoms with Gasteiger partial charge in [0, 0.05) is 18.7 Å². The van der Waals surface area contributed by atoms with Crippen molar-refractivity contribution in [2.75, 3.05) is 20.1 Å². The maximum Gasteiger partial charge on any atom is 0.289 e. The monoisotopic (exact) mass is 333 g/mol. The molecule has 1 saturated heterocycles. The van der Waals surface area contributed by atoms with Crippen LogP contribution in [0.1, 0.15) is 12.8 Å². The minimum absolute atomic E-state index is 0.0867. The SMILES string of the molecule is CN1CCCC(NS(=O)(=O)c2ccc(Cl)c([N+](=O)[O-])c2)C1. The normalized spacial score (nSPS) is 20.4. The first-order chi connectivity index (χ1) is 9.79. The molecule has 9 heteroatoms. The molecule has 0 saturated carbocycles. The van der Waals surface area contributed by atoms with Gasteiger partial charge in [0.05, 0.1) is 9.82 Å². The summed E-state index contributed by atoms with van der Waals surface area (Å²) in [5.41, 5.74) is -0.416. The van der Waals surface area contributed by atoms with Crippen LogP contribution in [0.4, 0.5) is 5.69 Å². The van der Waals surface area contributed by atoms with Crippen LogP contribution in [-0.4, -0.2) is 44.4 Å². The van der Waals surface area contributed by atoms with Crippen molar-refractivity contribution in [3.63, 3.8) is 0 Å². The molecule has 1 aromatic rings. The largest absolute Gasteiger partial charge is 0.305 e. The van der Waals surface area contributed by atoms with Crippen molar-refractivity contribution in [2.45, 2.75) is 23.8 Å². The van der Waals surface area contributed by atoms with Gasteiger partial charge in [0.25, 0.3) is 5.69 Å². The molecule has 1 atom stereocenters. The van der Waals surface area contributed by atoms with Gasteiger partial charge >= 0.3 is 0 Å². The predicted molar refractivity (Wildman–Crippen MR) is 78.9 cm³/mol. The van der Waals surface area contributed by atoms with Gasteiger partial charge in [0.2, 0.25) is 10.0 Å². The molecule has 0 aliphatic carbocycles. The van der Waals surface area contributed by atoms with Crippen LogP contribution in [0, 0.1) is 10.1 Å². The van der Waals surface area contributed by atoms with Gasteiger partial charge in [0.15, 0.2) is 0 Å². The summed E-state index contributed by atoms with van der Waals surface area (Å²) in [6.45, 7) is 1.56. The summed E-state index contributed by atoms with van der Waals surface area (Å²) < 4.78 is 27.2. The van der Waals surface area contributed by atoms with E-state index in [0.717, 1.165) is 25.5 Å². The van der Waals surface area contributed by atoms with Crippen LogP contribution >= 0.6 is 11.6 Å². The second-order valence-corrected chi connectivity index (χ2v) is 7.21. The molecule has 1 fully saturated rings. The number of rotatable bonds is 4. The molecule has 1 heterocycles. The lowest BCUT2D eigenvalue weighted by atomic mass is 10.1. The topological polar surface area (TPSA) is 92.6 Å². The van der Waals surface area contributed by atoms with Gasteiger partial charge < -0.3 is 4.90 Å². The van der Waals surface area contributed by atoms with E-state index in [1.165, 1.54) is 12.1 Å². The van der Waals surface area contributed by atoms with Crippen LogP contribution in [0.25, 0.3) is 0 Å². The predicted octanol–water partition coefficient (Wildman–Crippen LogP) is 1.62. The number of sulfonamides is 1. The number of likely N-dealkylation sites (N-methyl/N-ethyl adjacent to an activating group) is 1. The molecule has 0 bridgehead atoms. The van der Waals surface area contributed by atoms with Crippen molar-refractivity contribution >= 4 is 27.3 Å². The fourth-order valence-electron chi connectivity index (χ4n) is 2.35. The smallest absolute Gasteiger partial charge is 0.289 e. The first kappa shape index (κ1) is 16.2. The van der Waals surface area contributed by atoms with E-state index in [1.54, 1.807) is 0 Å². The summed E-state index contributed by atoms with van der Waals surface area (Å²) in [7, 11) is -1.87. The number of piperidine rings is 1. The van der Waals surface area contributed by atoms with Crippen LogP contribution in [-0.2, 0) is 10.0 Å². The summed E-state index contributed by atoms with van der Waals surface area (Å²) in [4.78, 5) is 12.0. The van der Waals surface area contributed by atoms with Crippen molar-refractivity contribution in [1.82, 2.24) is 9.62 Å². The van der Waals surface area contributed by atoms with E-state index in [9.17, 15) is 18.5 Å². The fraction of sp³-hybridized carbons (Fsp3) is 0.500. The van der Waals surface area contributed by atoms with Crippen molar-refractivity contribution < 1.29 is 13.3 Å². The molecule has 1 aliphatic heterocycles. The Bertz CT molecular complexity index is 650. The number of nitro benzene ring substituents is 1. The van der Waals surface area contributed by atoms with Crippen LogP contribution in [0.3, 0.4) is 0 Å². The Hall–Kier alpha value is -1.22. The number of hydrogen-bond donors (Lipinski definition) is 1. The summed E-state index contributed by atoms with van der Waals surface area (Å²) in [6.07, 6.45) is 1.66. The number of hydrogen-bond acceptors (Lipinski definition) is 5. The van der Waals surface area contributed by atoms with Gasteiger partial charge in [-0.3, -0.25) is 10.1 Å². The van der Waals surface area contributed by atoms with Crippen molar-refractivity contribution in [1.29, 1.82) is 0 Å². The van der Waals surface area contributed by atoms with E-state index >= 15 is 0 Å². The van der Waals surface area contributed by atoms with E-state index in [-0.39, 0.29) is 16.0 Å². The highest BCUT2D eigenvalue weighted by Crippen LogP contribution is 2.27. The van der Waals surface area contributed by atoms with Crippen LogP contribution in [0.5, 0.6) is 0 Å². The van der Waals surface area contributed by atoms with Gasteiger partial charge in [-0.15, -0.1) is 0 Å². The van der Waals surface area contributed by atoms with E-state index in [4.69, 9.17) is 11.6 Å². The minimum Gasteiger partial charge on any atom is -0.305 e. The van der Waals surface area contributed by atoms with Crippen LogP contribution < -0.4 is 4.72 Å². The molecule has 0 spiro atoms. The molecular weight excluding hydrogens is 318 g/mol. The van der Waals surface area contributed by atoms with Gasteiger partial charge in [-0.2, -0.15) is 0 Å². The van der Waals surface area contributed by atoms with Gasteiger partial charge in [-0.25, -0.2) is 13.1 Å². The highest BCUT2D eigenvalue weighted by molar-refractivity contribution is 7.89. The lowest BCUT2D eigenvalue weighted by Gasteiger charge is -2.29. The number of benzene rings is 1. The van der Waals surface area contributed by atoms with Crippen molar-refractivity contribution in [3.05, 3.63) is 33.3 Å². The molecule has 0 aromatic heterocycles. The van der Waals surface area contributed by atoms with Crippen LogP contribution in [0.15, 0.2) is 23.1 Å². The molecule has 1 unspecified atom stereocenters. The maximum absolute atomic E-state index is 12.3. The number of nitrogens with one attached hydrogen (secondary N) is 1. The molecule has 2 rings (SSSR count). The zero-order valence-corrected chi connectivity index (χ0v) is 13.0. The van der Waals surface area contributed by atoms with Gasteiger partial charge in [0.1, 0.15) is 5.02 Å². The Labute approximate surface area is 128 Å². The fourth-order valence-corrected chi connectivity index (χ4v) is 3.82. The van der Waals surface area contributed by atoms with E-state index < -0.39 is 20.6 Å². The van der Waals surface area contributed by atoms with Gasteiger partial charge in [-0.05, 0) is 38.6 Å². The van der Waals surface area contributed by atoms with Crippen molar-refractivity contribution in [2.24, 2.45) is 0 Å². The molecule has 0 radical (unpaired) electrons. The molecule has 1 N–H and O–H groups in total. The lowest BCUT2D eigenvalue weighted by molar-refractivity contribution is -0.384. The molecule has 1 aliphatic rings. The third kappa shape index (κ3) is 3.91. The molecular formula is C12H16ClN3O4S. The average Bonchev–Trinajstić information content (AvgIpc) is 2.38. The highest BCUT2D eigenvalue weighted by Gasteiger charge is 2.25. The zero-order chi connectivity index (χ0) is 15.6. The summed E-state index contributed by atoms with van der Waals surface area (Å²) in [5, 5.41) is 10.7. The molecule has 1 aromatic carbocycles. The Morgan fingerprint density at radius 3 is 2.81 bits per heavy atom. The third-order valence-electron chi connectivity index (χ3n) is 3.37. The number of halogens is 1. The number of nitrogens with zero attached hydrogens (tertiary/aromatic N) is 2. The summed E-state index contributed by atoms with van der Waals surface area (Å²) in [5.74, 6) is 0. The number of nitro groups is 1. The van der Waals surface area contributed by atoms with Crippen LogP contribution in [0.2, 0.25) is 5.02 Å². The molecule has 7 nitrogen and oxygen atoms in total. The Morgan fingerprint density at radius 1 is 1.48 bits per heavy atom. The maximum atomic E-state index is 12.3. The third-order valence-corrected chi connectivity index (χ3v) is 5.21. The molecule has 21 heavy (non-hydrogen) atoms. The Morgan fingerprint density at radius 2 is 2.19 bits per heavy atom. The van der Waals surface area contributed by atoms with Crippen molar-refractivity contribution in [3.8, 4) is 0 Å². The quantitative estimate of drug-likeness (QED) is 0.667. The zero-order valence-electron chi connectivity index (χ0n) is 11.5. The first-order valence-corrected chi connectivity index (χ1v) is 8.30. The number of likely N-dealkylation sites (tertiary alicyclic amines) is 1. The van der Waals surface area contributed by atoms with E-state index in [2.05, 4.69) is 4.72 Å². The molecule has 0 amide bonds. The lowest BCUT2D eigenvalue weighted by Crippen LogP contribution is -2.46. The summed E-state index contributed by atoms with van der Waals surface area (Å²) in [6, 6.07) is 3.28. The van der Waals surface area contributed by atoms with E-state index in [0.29, 0.717) is 6.54 Å². The minimum atomic E-state index is -3.80. The second-order valence-electron chi connectivity index (χ2n) is 5.09.